The highest BCUT2D eigenvalue weighted by Gasteiger charge is 2.31. The average molecular weight is 180 g/mol. The molecule has 0 aromatic carbocycles. The van der Waals surface area contributed by atoms with Gasteiger partial charge in [0.1, 0.15) is 19.6 Å². The van der Waals surface area contributed by atoms with E-state index < -0.39 is 6.03 Å². The molecule has 1 radical (unpaired) electrons. The number of urea groups is 1. The van der Waals surface area contributed by atoms with Crippen LogP contribution in [0.25, 0.3) is 0 Å². The predicted octanol–water partition coefficient (Wildman–Crippen LogP) is 1.76. The Balaban J connectivity index is 4.76. The maximum Gasteiger partial charge on any atom is 0.436 e. The molecule has 1 N–H and O–H groups in total. The molecule has 0 unspecified atom stereocenters. The van der Waals surface area contributed by atoms with Crippen molar-refractivity contribution in [2.75, 3.05) is 19.6 Å². The Bertz CT molecular complexity index is 194. The molecule has 0 fully saturated rings. The molecule has 0 heterocycles. The van der Waals surface area contributed by atoms with Gasteiger partial charge in [-0.25, -0.2) is 15.0 Å². The summed E-state index contributed by atoms with van der Waals surface area (Å²) in [7, 11) is 0. The van der Waals surface area contributed by atoms with Crippen LogP contribution in [0.4, 0.5) is 4.79 Å². The van der Waals surface area contributed by atoms with Crippen molar-refractivity contribution in [1.82, 2.24) is 5.73 Å². The number of carbonyl (C=O) groups is 1. The van der Waals surface area contributed by atoms with E-state index in [1.807, 2.05) is 0 Å². The number of hydrogen-bond donors (Lipinski definition) is 0. The molecular weight excluding hydrogens is 164 g/mol. The third kappa shape index (κ3) is 2.87. The van der Waals surface area contributed by atoms with Crippen molar-refractivity contribution in [1.29, 1.82) is 0 Å². The largest absolute Gasteiger partial charge is 0.436 e. The zero-order valence-electron chi connectivity index (χ0n) is 7.83. The lowest BCUT2D eigenvalue weighted by Gasteiger charge is -2.30. The second kappa shape index (κ2) is 5.32. The summed E-state index contributed by atoms with van der Waals surface area (Å²) < 4.78 is 0.0104. The topological polar surface area (TPSA) is 40.9 Å². The van der Waals surface area contributed by atoms with Gasteiger partial charge in [0, 0.05) is 0 Å². The van der Waals surface area contributed by atoms with Crippen LogP contribution >= 0.6 is 0 Å². The quantitative estimate of drug-likeness (QED) is 0.453. The first-order valence-electron chi connectivity index (χ1n) is 4.08. The minimum Gasteiger partial charge on any atom is -0.229 e. The molecule has 2 amide bonds. The van der Waals surface area contributed by atoms with Crippen LogP contribution < -0.4 is 5.73 Å². The molecule has 0 rings (SSSR count). The first kappa shape index (κ1) is 11.6. The van der Waals surface area contributed by atoms with E-state index in [2.05, 4.69) is 19.7 Å². The number of amides is 2. The molecule has 0 atom stereocenters. The molecule has 0 aromatic rings. The van der Waals surface area contributed by atoms with Gasteiger partial charge in [0.05, 0.1) is 0 Å². The summed E-state index contributed by atoms with van der Waals surface area (Å²) >= 11 is 0. The van der Waals surface area contributed by atoms with Crippen molar-refractivity contribution >= 4 is 6.03 Å². The molecule has 3 heteroatoms. The van der Waals surface area contributed by atoms with Crippen LogP contribution in [0.5, 0.6) is 0 Å². The number of quaternary nitrogens is 1. The standard InChI is InChI=1S/C10H16N2O/c1-4-7-12(8-5-2,9-6-3)10(11)13/h4-6,11H,1-3,7-9H2/q+1. The number of carbonyl (C=O) groups excluding carboxylic acids is 1. The van der Waals surface area contributed by atoms with Crippen LogP contribution in [-0.2, 0) is 0 Å². The lowest BCUT2D eigenvalue weighted by Crippen LogP contribution is -2.53. The Labute approximate surface area is 79.4 Å². The van der Waals surface area contributed by atoms with E-state index in [-0.39, 0.29) is 4.48 Å². The lowest BCUT2D eigenvalue weighted by molar-refractivity contribution is -0.831. The van der Waals surface area contributed by atoms with Crippen molar-refractivity contribution < 1.29 is 9.28 Å². The van der Waals surface area contributed by atoms with E-state index in [9.17, 15) is 4.79 Å². The van der Waals surface area contributed by atoms with Crippen molar-refractivity contribution in [2.45, 2.75) is 0 Å². The molecule has 0 bridgehead atoms. The molecule has 3 nitrogen and oxygen atoms in total. The molecule has 0 saturated heterocycles. The van der Waals surface area contributed by atoms with Crippen molar-refractivity contribution in [2.24, 2.45) is 0 Å². The summed E-state index contributed by atoms with van der Waals surface area (Å²) in [5.41, 5.74) is 7.18. The fourth-order valence-corrected chi connectivity index (χ4v) is 1.21. The molecule has 0 aliphatic heterocycles. The van der Waals surface area contributed by atoms with Crippen LogP contribution in [0.2, 0.25) is 0 Å². The lowest BCUT2D eigenvalue weighted by atomic mass is 10.3. The molecule has 71 valence electrons. The van der Waals surface area contributed by atoms with E-state index in [0.717, 1.165) is 0 Å². The van der Waals surface area contributed by atoms with Crippen molar-refractivity contribution in [3.63, 3.8) is 0 Å². The monoisotopic (exact) mass is 180 g/mol. The fraction of sp³-hybridized carbons (Fsp3) is 0.300. The maximum absolute atomic E-state index is 11.1. The Hall–Kier alpha value is -1.35. The predicted molar refractivity (Wildman–Crippen MR) is 53.9 cm³/mol. The third-order valence-electron chi connectivity index (χ3n) is 1.87. The first-order chi connectivity index (χ1) is 6.13. The number of nitrogens with zero attached hydrogens (tertiary/aromatic N) is 1. The number of rotatable bonds is 6. The smallest absolute Gasteiger partial charge is 0.229 e. The van der Waals surface area contributed by atoms with E-state index in [1.165, 1.54) is 0 Å². The number of hydrogen-bond acceptors (Lipinski definition) is 1. The second-order valence-corrected chi connectivity index (χ2v) is 2.86. The summed E-state index contributed by atoms with van der Waals surface area (Å²) in [5.74, 6) is 0. The molecular formula is C10H16N2O+. The van der Waals surface area contributed by atoms with Crippen LogP contribution in [0.15, 0.2) is 38.0 Å². The van der Waals surface area contributed by atoms with Gasteiger partial charge in [-0.2, -0.15) is 0 Å². The highest BCUT2D eigenvalue weighted by molar-refractivity contribution is 5.63. The SMILES string of the molecule is C=CC[N+](CC=C)(CC=C)C([NH])=O. The summed E-state index contributed by atoms with van der Waals surface area (Å²) in [5, 5.41) is 0. The van der Waals surface area contributed by atoms with Gasteiger partial charge in [0.15, 0.2) is 0 Å². The summed E-state index contributed by atoms with van der Waals surface area (Å²) in [6, 6.07) is -0.625. The van der Waals surface area contributed by atoms with Crippen LogP contribution in [0, 0.1) is 0 Å². The normalized spacial score (nSPS) is 10.5. The van der Waals surface area contributed by atoms with E-state index in [0.29, 0.717) is 19.6 Å². The fourth-order valence-electron chi connectivity index (χ4n) is 1.21. The highest BCUT2D eigenvalue weighted by Crippen LogP contribution is 2.08. The van der Waals surface area contributed by atoms with Crippen LogP contribution in [-0.4, -0.2) is 30.1 Å². The number of nitrogens with one attached hydrogen (secondary N) is 1. The van der Waals surface area contributed by atoms with Gasteiger partial charge >= 0.3 is 6.03 Å². The van der Waals surface area contributed by atoms with Gasteiger partial charge in [0.25, 0.3) is 0 Å². The third-order valence-corrected chi connectivity index (χ3v) is 1.87. The zero-order valence-corrected chi connectivity index (χ0v) is 7.83. The molecule has 0 aromatic heterocycles. The van der Waals surface area contributed by atoms with Gasteiger partial charge in [-0.15, -0.1) is 0 Å². The minimum atomic E-state index is -0.625. The van der Waals surface area contributed by atoms with E-state index in [1.54, 1.807) is 18.2 Å². The van der Waals surface area contributed by atoms with Gasteiger partial charge < -0.3 is 0 Å². The van der Waals surface area contributed by atoms with Crippen molar-refractivity contribution in [3.05, 3.63) is 38.0 Å². The zero-order chi connectivity index (χ0) is 10.3. The highest BCUT2D eigenvalue weighted by atomic mass is 16.2. The second-order valence-electron chi connectivity index (χ2n) is 2.86. The van der Waals surface area contributed by atoms with Gasteiger partial charge in [0.2, 0.25) is 0 Å². The minimum absolute atomic E-state index is 0.0104. The van der Waals surface area contributed by atoms with Crippen LogP contribution in [0.1, 0.15) is 0 Å². The van der Waals surface area contributed by atoms with E-state index >= 15 is 0 Å². The summed E-state index contributed by atoms with van der Waals surface area (Å²) in [6.45, 7) is 12.1. The van der Waals surface area contributed by atoms with E-state index in [4.69, 9.17) is 5.73 Å². The Morgan fingerprint density at radius 2 is 1.38 bits per heavy atom. The molecule has 0 aliphatic carbocycles. The molecule has 0 aliphatic rings. The molecule has 13 heavy (non-hydrogen) atoms. The van der Waals surface area contributed by atoms with Gasteiger partial charge in [-0.1, -0.05) is 19.7 Å². The Kier molecular flexibility index (Phi) is 4.77. The van der Waals surface area contributed by atoms with Gasteiger partial charge in [-0.3, -0.25) is 0 Å². The van der Waals surface area contributed by atoms with Crippen molar-refractivity contribution in [3.8, 4) is 0 Å². The van der Waals surface area contributed by atoms with Crippen LogP contribution in [0.3, 0.4) is 0 Å². The summed E-state index contributed by atoms with van der Waals surface area (Å²) in [6.07, 6.45) is 4.91. The molecule has 0 spiro atoms. The Morgan fingerprint density at radius 3 is 1.54 bits per heavy atom. The average Bonchev–Trinajstić information content (AvgIpc) is 2.05. The molecule has 0 saturated carbocycles. The summed E-state index contributed by atoms with van der Waals surface area (Å²) in [4.78, 5) is 11.1. The Morgan fingerprint density at radius 1 is 1.08 bits per heavy atom. The maximum atomic E-state index is 11.1. The first-order valence-corrected chi connectivity index (χ1v) is 4.08. The van der Waals surface area contributed by atoms with Gasteiger partial charge in [-0.05, 0) is 18.2 Å².